The summed E-state index contributed by atoms with van der Waals surface area (Å²) in [5.41, 5.74) is 1.22. The minimum Gasteiger partial charge on any atom is -0.508 e. The average Bonchev–Trinajstić information content (AvgIpc) is 2.42. The van der Waals surface area contributed by atoms with E-state index in [2.05, 4.69) is 21.2 Å². The molecule has 2 rings (SSSR count). The van der Waals surface area contributed by atoms with Gasteiger partial charge in [-0.25, -0.2) is 4.39 Å². The van der Waals surface area contributed by atoms with Crippen molar-refractivity contribution >= 4 is 21.8 Å². The summed E-state index contributed by atoms with van der Waals surface area (Å²) in [4.78, 5) is 11.8. The number of phenolic OH excluding ortho intramolecular Hbond substituents is 1. The van der Waals surface area contributed by atoms with Crippen LogP contribution in [0.4, 0.5) is 4.39 Å². The molecule has 0 aliphatic rings. The fourth-order valence-corrected chi connectivity index (χ4v) is 2.14. The van der Waals surface area contributed by atoms with Gasteiger partial charge in [0.1, 0.15) is 11.6 Å². The van der Waals surface area contributed by atoms with Gasteiger partial charge in [0, 0.05) is 16.6 Å². The maximum Gasteiger partial charge on any atom is 0.224 e. The van der Waals surface area contributed by atoms with E-state index in [-0.39, 0.29) is 30.4 Å². The smallest absolute Gasteiger partial charge is 0.224 e. The third-order valence-corrected chi connectivity index (χ3v) is 3.28. The molecule has 0 aliphatic heterocycles. The number of benzene rings is 2. The molecule has 1 amide bonds. The monoisotopic (exact) mass is 337 g/mol. The van der Waals surface area contributed by atoms with Gasteiger partial charge in [0.25, 0.3) is 0 Å². The second-order valence-corrected chi connectivity index (χ2v) is 5.27. The summed E-state index contributed by atoms with van der Waals surface area (Å²) in [6.07, 6.45) is 0.190. The molecule has 0 spiro atoms. The standard InChI is InChI=1S/C15H13BrFNO2/c16-12-3-6-14(17)11(8-12)9-18-15(20)7-10-1-4-13(19)5-2-10/h1-6,8,19H,7,9H2,(H,18,20). The lowest BCUT2D eigenvalue weighted by molar-refractivity contribution is -0.120. The van der Waals surface area contributed by atoms with Crippen molar-refractivity contribution in [1.82, 2.24) is 5.32 Å². The van der Waals surface area contributed by atoms with E-state index in [4.69, 9.17) is 5.11 Å². The number of aromatic hydroxyl groups is 1. The molecule has 2 aromatic rings. The molecule has 0 aliphatic carbocycles. The predicted molar refractivity (Wildman–Crippen MR) is 77.8 cm³/mol. The Labute approximate surface area is 124 Å². The summed E-state index contributed by atoms with van der Waals surface area (Å²) in [5.74, 6) is -0.390. The number of hydrogen-bond donors (Lipinski definition) is 2. The van der Waals surface area contributed by atoms with E-state index in [1.54, 1.807) is 24.3 Å². The van der Waals surface area contributed by atoms with Crippen LogP contribution in [0.2, 0.25) is 0 Å². The molecule has 0 fully saturated rings. The molecule has 0 saturated heterocycles. The molecule has 2 N–H and O–H groups in total. The highest BCUT2D eigenvalue weighted by Crippen LogP contribution is 2.15. The van der Waals surface area contributed by atoms with Gasteiger partial charge in [-0.2, -0.15) is 0 Å². The van der Waals surface area contributed by atoms with E-state index in [0.29, 0.717) is 5.56 Å². The van der Waals surface area contributed by atoms with E-state index >= 15 is 0 Å². The van der Waals surface area contributed by atoms with Crippen molar-refractivity contribution in [3.8, 4) is 5.75 Å². The van der Waals surface area contributed by atoms with Crippen LogP contribution in [0.25, 0.3) is 0 Å². The van der Waals surface area contributed by atoms with Gasteiger partial charge in [0.2, 0.25) is 5.91 Å². The minimum absolute atomic E-state index is 0.141. The SMILES string of the molecule is O=C(Cc1ccc(O)cc1)NCc1cc(Br)ccc1F. The normalized spacial score (nSPS) is 10.3. The van der Waals surface area contributed by atoms with Gasteiger partial charge < -0.3 is 10.4 Å². The van der Waals surface area contributed by atoms with Crippen molar-refractivity contribution in [1.29, 1.82) is 0 Å². The van der Waals surface area contributed by atoms with E-state index in [9.17, 15) is 9.18 Å². The van der Waals surface area contributed by atoms with Gasteiger partial charge in [-0.05, 0) is 35.9 Å². The molecule has 0 unspecified atom stereocenters. The Morgan fingerprint density at radius 3 is 2.60 bits per heavy atom. The summed E-state index contributed by atoms with van der Waals surface area (Å²) in [6.45, 7) is 0.141. The molecule has 2 aromatic carbocycles. The topological polar surface area (TPSA) is 49.3 Å². The van der Waals surface area contributed by atoms with Crippen LogP contribution in [0.15, 0.2) is 46.9 Å². The second kappa shape index (κ2) is 6.52. The van der Waals surface area contributed by atoms with Crippen molar-refractivity contribution in [2.45, 2.75) is 13.0 Å². The molecular formula is C15H13BrFNO2. The number of hydrogen-bond acceptors (Lipinski definition) is 2. The van der Waals surface area contributed by atoms with E-state index in [1.165, 1.54) is 18.2 Å². The number of carbonyl (C=O) groups is 1. The highest BCUT2D eigenvalue weighted by Gasteiger charge is 2.06. The van der Waals surface area contributed by atoms with Crippen molar-refractivity contribution in [2.75, 3.05) is 0 Å². The first-order valence-corrected chi connectivity index (χ1v) is 6.82. The molecule has 20 heavy (non-hydrogen) atoms. The Morgan fingerprint density at radius 2 is 1.90 bits per heavy atom. The summed E-state index contributed by atoms with van der Waals surface area (Å²) in [5, 5.41) is 11.8. The highest BCUT2D eigenvalue weighted by atomic mass is 79.9. The maximum absolute atomic E-state index is 13.5. The molecular weight excluding hydrogens is 325 g/mol. The lowest BCUT2D eigenvalue weighted by Crippen LogP contribution is -2.25. The van der Waals surface area contributed by atoms with Gasteiger partial charge >= 0.3 is 0 Å². The van der Waals surface area contributed by atoms with Crippen molar-refractivity contribution in [2.24, 2.45) is 0 Å². The van der Waals surface area contributed by atoms with Gasteiger partial charge in [-0.15, -0.1) is 0 Å². The van der Waals surface area contributed by atoms with E-state index < -0.39 is 0 Å². The molecule has 0 radical (unpaired) electrons. The zero-order valence-electron chi connectivity index (χ0n) is 10.6. The van der Waals surface area contributed by atoms with Crippen molar-refractivity contribution in [3.63, 3.8) is 0 Å². The zero-order chi connectivity index (χ0) is 14.5. The molecule has 104 valence electrons. The van der Waals surface area contributed by atoms with Gasteiger partial charge in [-0.3, -0.25) is 4.79 Å². The van der Waals surface area contributed by atoms with Crippen LogP contribution in [0, 0.1) is 5.82 Å². The predicted octanol–water partition coefficient (Wildman–Crippen LogP) is 3.15. The number of carbonyl (C=O) groups excluding carboxylic acids is 1. The second-order valence-electron chi connectivity index (χ2n) is 4.36. The molecule has 0 atom stereocenters. The summed E-state index contributed by atoms with van der Waals surface area (Å²) in [7, 11) is 0. The van der Waals surface area contributed by atoms with Gasteiger partial charge in [0.05, 0.1) is 6.42 Å². The summed E-state index contributed by atoms with van der Waals surface area (Å²) < 4.78 is 14.3. The summed E-state index contributed by atoms with van der Waals surface area (Å²) in [6, 6.07) is 11.0. The molecule has 0 heterocycles. The Bertz CT molecular complexity index is 614. The van der Waals surface area contributed by atoms with Crippen LogP contribution in [0.5, 0.6) is 5.75 Å². The Kier molecular flexibility index (Phi) is 4.74. The quantitative estimate of drug-likeness (QED) is 0.900. The summed E-state index contributed by atoms with van der Waals surface area (Å²) >= 11 is 3.26. The highest BCUT2D eigenvalue weighted by molar-refractivity contribution is 9.10. The first-order valence-electron chi connectivity index (χ1n) is 6.03. The maximum atomic E-state index is 13.5. The fourth-order valence-electron chi connectivity index (χ4n) is 1.73. The number of halogens is 2. The first-order chi connectivity index (χ1) is 9.54. The average molecular weight is 338 g/mol. The zero-order valence-corrected chi connectivity index (χ0v) is 12.2. The van der Waals surface area contributed by atoms with Crippen molar-refractivity contribution < 1.29 is 14.3 Å². The Hall–Kier alpha value is -1.88. The largest absolute Gasteiger partial charge is 0.508 e. The van der Waals surface area contributed by atoms with Crippen LogP contribution < -0.4 is 5.32 Å². The fraction of sp³-hybridized carbons (Fsp3) is 0.133. The minimum atomic E-state index is -0.349. The van der Waals surface area contributed by atoms with E-state index in [0.717, 1.165) is 10.0 Å². The third kappa shape index (κ3) is 4.06. The number of phenols is 1. The number of nitrogens with one attached hydrogen (secondary N) is 1. The van der Waals surface area contributed by atoms with Crippen LogP contribution in [-0.4, -0.2) is 11.0 Å². The number of rotatable bonds is 4. The lowest BCUT2D eigenvalue weighted by atomic mass is 10.1. The molecule has 0 saturated carbocycles. The number of amides is 1. The van der Waals surface area contributed by atoms with Crippen LogP contribution in [-0.2, 0) is 17.8 Å². The Morgan fingerprint density at radius 1 is 1.20 bits per heavy atom. The third-order valence-electron chi connectivity index (χ3n) is 2.78. The van der Waals surface area contributed by atoms with E-state index in [1.807, 2.05) is 0 Å². The molecule has 0 aromatic heterocycles. The van der Waals surface area contributed by atoms with Crippen LogP contribution in [0.1, 0.15) is 11.1 Å². The van der Waals surface area contributed by atoms with Crippen LogP contribution >= 0.6 is 15.9 Å². The van der Waals surface area contributed by atoms with Crippen LogP contribution in [0.3, 0.4) is 0 Å². The molecule has 0 bridgehead atoms. The van der Waals surface area contributed by atoms with Gasteiger partial charge in [0.15, 0.2) is 0 Å². The molecule has 3 nitrogen and oxygen atoms in total. The molecule has 5 heteroatoms. The van der Waals surface area contributed by atoms with Gasteiger partial charge in [-0.1, -0.05) is 28.1 Å². The lowest BCUT2D eigenvalue weighted by Gasteiger charge is -2.07. The Balaban J connectivity index is 1.92. The van der Waals surface area contributed by atoms with Crippen molar-refractivity contribution in [3.05, 3.63) is 63.9 Å². The first kappa shape index (κ1) is 14.5.